The van der Waals surface area contributed by atoms with Crippen molar-refractivity contribution in [2.45, 2.75) is 39.0 Å². The van der Waals surface area contributed by atoms with Crippen LogP contribution in [0.5, 0.6) is 0 Å². The van der Waals surface area contributed by atoms with Crippen LogP contribution in [-0.2, 0) is 12.8 Å². The van der Waals surface area contributed by atoms with Crippen LogP contribution in [0.25, 0.3) is 0 Å². The first-order valence-electron chi connectivity index (χ1n) is 12.3. The summed E-state index contributed by atoms with van der Waals surface area (Å²) in [6.07, 6.45) is 2.18. The summed E-state index contributed by atoms with van der Waals surface area (Å²) in [5.74, 6) is 1.16. The van der Waals surface area contributed by atoms with E-state index in [-0.39, 0.29) is 17.7 Å². The molecule has 1 N–H and O–H groups in total. The lowest BCUT2D eigenvalue weighted by atomic mass is 9.98. The number of fused-ring (bicyclic) bond motifs is 1. The Balaban J connectivity index is 1.26. The van der Waals surface area contributed by atoms with E-state index in [9.17, 15) is 9.59 Å². The van der Waals surface area contributed by atoms with E-state index >= 15 is 0 Å². The molecular formula is C29H27ClN4O3. The Morgan fingerprint density at radius 2 is 1.86 bits per heavy atom. The van der Waals surface area contributed by atoms with Crippen molar-refractivity contribution < 1.29 is 14.1 Å². The zero-order valence-corrected chi connectivity index (χ0v) is 21.5. The van der Waals surface area contributed by atoms with Crippen molar-refractivity contribution >= 4 is 34.8 Å². The van der Waals surface area contributed by atoms with Crippen LogP contribution in [-0.4, -0.2) is 28.5 Å². The number of halogens is 1. The quantitative estimate of drug-likeness (QED) is 0.327. The number of aromatic nitrogens is 2. The zero-order valence-electron chi connectivity index (χ0n) is 20.7. The number of nitrogens with one attached hydrogen (secondary N) is 1. The van der Waals surface area contributed by atoms with Crippen molar-refractivity contribution in [1.82, 2.24) is 10.1 Å². The van der Waals surface area contributed by atoms with Gasteiger partial charge in [-0.3, -0.25) is 9.59 Å². The highest BCUT2D eigenvalue weighted by Gasteiger charge is 2.24. The Bertz CT molecular complexity index is 1450. The van der Waals surface area contributed by atoms with Crippen LogP contribution in [0.15, 0.2) is 71.3 Å². The van der Waals surface area contributed by atoms with Crippen LogP contribution < -0.4 is 10.2 Å². The highest BCUT2D eigenvalue weighted by atomic mass is 35.5. The molecule has 7 nitrogen and oxygen atoms in total. The average Bonchev–Trinajstić information content (AvgIpc) is 3.37. The van der Waals surface area contributed by atoms with E-state index < -0.39 is 0 Å². The van der Waals surface area contributed by atoms with Crippen molar-refractivity contribution in [2.75, 3.05) is 16.8 Å². The van der Waals surface area contributed by atoms with Gasteiger partial charge in [-0.1, -0.05) is 48.8 Å². The molecule has 1 aliphatic rings. The van der Waals surface area contributed by atoms with E-state index in [2.05, 4.69) is 15.5 Å². The number of hydrogen-bond acceptors (Lipinski definition) is 5. The zero-order chi connectivity index (χ0) is 25.9. The normalized spacial score (nSPS) is 12.9. The second kappa shape index (κ2) is 10.6. The molecule has 0 saturated carbocycles. The summed E-state index contributed by atoms with van der Waals surface area (Å²) in [4.78, 5) is 32.3. The Hall–Kier alpha value is -3.97. The minimum atomic E-state index is -0.200. The maximum atomic E-state index is 13.1. The molecule has 3 aromatic carbocycles. The minimum absolute atomic E-state index is 0.0954. The largest absolute Gasteiger partial charge is 0.339 e. The van der Waals surface area contributed by atoms with Crippen molar-refractivity contribution in [1.29, 1.82) is 0 Å². The van der Waals surface area contributed by atoms with E-state index in [1.807, 2.05) is 50.2 Å². The molecule has 0 fully saturated rings. The Kier molecular flexibility index (Phi) is 7.06. The van der Waals surface area contributed by atoms with Crippen LogP contribution >= 0.6 is 11.6 Å². The molecular weight excluding hydrogens is 488 g/mol. The molecule has 2 amide bonds. The second-order valence-electron chi connectivity index (χ2n) is 9.45. The smallest absolute Gasteiger partial charge is 0.258 e. The molecule has 0 spiro atoms. The third-order valence-electron chi connectivity index (χ3n) is 6.33. The number of anilines is 2. The lowest BCUT2D eigenvalue weighted by Crippen LogP contribution is -2.35. The van der Waals surface area contributed by atoms with E-state index in [1.54, 1.807) is 35.2 Å². The monoisotopic (exact) mass is 514 g/mol. The number of carbonyl (C=O) groups is 2. The number of aryl methyl sites for hydroxylation is 1. The van der Waals surface area contributed by atoms with Crippen LogP contribution in [0.3, 0.4) is 0 Å². The van der Waals surface area contributed by atoms with Gasteiger partial charge >= 0.3 is 0 Å². The number of nitrogens with zero attached hydrogens (tertiary/aromatic N) is 3. The van der Waals surface area contributed by atoms with Gasteiger partial charge in [0.2, 0.25) is 5.89 Å². The van der Waals surface area contributed by atoms with Crippen LogP contribution in [0.2, 0.25) is 5.02 Å². The third-order valence-corrected chi connectivity index (χ3v) is 6.56. The first kappa shape index (κ1) is 24.7. The molecule has 0 aliphatic carbocycles. The van der Waals surface area contributed by atoms with E-state index in [0.717, 1.165) is 29.7 Å². The lowest BCUT2D eigenvalue weighted by Gasteiger charge is -2.30. The highest BCUT2D eigenvalue weighted by molar-refractivity contribution is 6.31. The molecule has 4 aromatic rings. The van der Waals surface area contributed by atoms with Crippen LogP contribution in [0.1, 0.15) is 69.7 Å². The number of carbonyl (C=O) groups excluding carboxylic acids is 2. The molecule has 5 rings (SSSR count). The van der Waals surface area contributed by atoms with Gasteiger partial charge in [-0.25, -0.2) is 0 Å². The maximum absolute atomic E-state index is 13.1. The van der Waals surface area contributed by atoms with Gasteiger partial charge in [0.15, 0.2) is 5.82 Å². The molecule has 8 heteroatoms. The predicted molar refractivity (Wildman–Crippen MR) is 143 cm³/mol. The van der Waals surface area contributed by atoms with Crippen molar-refractivity contribution in [3.8, 4) is 0 Å². The van der Waals surface area contributed by atoms with Crippen LogP contribution in [0.4, 0.5) is 11.4 Å². The molecule has 0 radical (unpaired) electrons. The fourth-order valence-electron chi connectivity index (χ4n) is 4.39. The standard InChI is InChI=1S/C29H27ClN4O3/c1-18(2)28-32-26(33-37-28)15-19-8-11-24(12-9-19)31-27(35)21-10-13-25-20(16-21)6-4-14-34(25)29(36)22-5-3-7-23(30)17-22/h3,5,7-13,16-18H,4,6,14-15H2,1-2H3,(H,31,35). The van der Waals surface area contributed by atoms with E-state index in [4.69, 9.17) is 16.1 Å². The van der Waals surface area contributed by atoms with Gasteiger partial charge in [0.25, 0.3) is 11.8 Å². The van der Waals surface area contributed by atoms with Gasteiger partial charge in [-0.2, -0.15) is 4.98 Å². The summed E-state index contributed by atoms with van der Waals surface area (Å²) in [5, 5.41) is 7.51. The summed E-state index contributed by atoms with van der Waals surface area (Å²) in [6, 6.07) is 20.0. The summed E-state index contributed by atoms with van der Waals surface area (Å²) >= 11 is 6.08. The number of rotatable bonds is 6. The lowest BCUT2D eigenvalue weighted by molar-refractivity contribution is 0.0984. The molecule has 37 heavy (non-hydrogen) atoms. The molecule has 188 valence electrons. The Morgan fingerprint density at radius 1 is 1.05 bits per heavy atom. The average molecular weight is 515 g/mol. The Morgan fingerprint density at radius 3 is 2.59 bits per heavy atom. The summed E-state index contributed by atoms with van der Waals surface area (Å²) < 4.78 is 5.26. The van der Waals surface area contributed by atoms with Gasteiger partial charge < -0.3 is 14.7 Å². The summed E-state index contributed by atoms with van der Waals surface area (Å²) in [6.45, 7) is 4.64. The first-order chi connectivity index (χ1) is 17.9. The van der Waals surface area contributed by atoms with Crippen molar-refractivity contribution in [3.63, 3.8) is 0 Å². The molecule has 0 atom stereocenters. The summed E-state index contributed by atoms with van der Waals surface area (Å²) in [7, 11) is 0. The van der Waals surface area contributed by atoms with Crippen molar-refractivity contribution in [3.05, 3.63) is 106 Å². The van der Waals surface area contributed by atoms with Gasteiger partial charge in [0, 0.05) is 46.4 Å². The molecule has 1 aliphatic heterocycles. The van der Waals surface area contributed by atoms with Gasteiger partial charge in [0.1, 0.15) is 0 Å². The predicted octanol–water partition coefficient (Wildman–Crippen LogP) is 6.28. The SMILES string of the molecule is CC(C)c1nc(Cc2ccc(NC(=O)c3ccc4c(c3)CCCN4C(=O)c3cccc(Cl)c3)cc2)no1. The highest BCUT2D eigenvalue weighted by Crippen LogP contribution is 2.30. The fourth-order valence-corrected chi connectivity index (χ4v) is 4.58. The molecule has 2 heterocycles. The number of amides is 2. The minimum Gasteiger partial charge on any atom is -0.339 e. The third kappa shape index (κ3) is 5.57. The maximum Gasteiger partial charge on any atom is 0.258 e. The molecule has 1 aromatic heterocycles. The van der Waals surface area contributed by atoms with Crippen molar-refractivity contribution in [2.24, 2.45) is 0 Å². The molecule has 0 saturated heterocycles. The Labute approximate surface area is 220 Å². The first-order valence-corrected chi connectivity index (χ1v) is 12.7. The van der Waals surface area contributed by atoms with E-state index in [0.29, 0.717) is 46.5 Å². The van der Waals surface area contributed by atoms with E-state index in [1.165, 1.54) is 0 Å². The van der Waals surface area contributed by atoms with Gasteiger partial charge in [-0.15, -0.1) is 0 Å². The second-order valence-corrected chi connectivity index (χ2v) is 9.88. The van der Waals surface area contributed by atoms with Gasteiger partial charge in [-0.05, 0) is 72.5 Å². The summed E-state index contributed by atoms with van der Waals surface area (Å²) in [5.41, 5.74) is 4.62. The molecule has 0 unspecified atom stereocenters. The fraction of sp³-hybridized carbons (Fsp3) is 0.241. The van der Waals surface area contributed by atoms with Crippen LogP contribution in [0, 0.1) is 0 Å². The number of benzene rings is 3. The van der Waals surface area contributed by atoms with Gasteiger partial charge in [0.05, 0.1) is 0 Å². The topological polar surface area (TPSA) is 88.3 Å². The molecule has 0 bridgehead atoms. The number of hydrogen-bond donors (Lipinski definition) is 1.